The average molecular weight is 310 g/mol. The van der Waals surface area contributed by atoms with Gasteiger partial charge in [0.25, 0.3) is 10.0 Å². The Morgan fingerprint density at radius 2 is 2.20 bits per heavy atom. The fraction of sp³-hybridized carbons (Fsp3) is 0.0909. The normalized spacial score (nSPS) is 11.8. The highest BCUT2D eigenvalue weighted by molar-refractivity contribution is 7.92. The quantitative estimate of drug-likeness (QED) is 0.757. The summed E-state index contributed by atoms with van der Waals surface area (Å²) in [4.78, 5) is 17.7. The molecule has 104 valence electrons. The largest absolute Gasteiger partial charge is 0.334 e. The number of benzene rings is 1. The van der Waals surface area contributed by atoms with E-state index in [4.69, 9.17) is 0 Å². The Morgan fingerprint density at radius 1 is 1.40 bits per heavy atom. The Bertz CT molecular complexity index is 922. The molecule has 0 saturated carbocycles. The molecule has 0 radical (unpaired) electrons. The molecule has 0 unspecified atom stereocenters. The minimum absolute atomic E-state index is 0.0150. The number of aromatic nitrogens is 3. The Labute approximate surface area is 118 Å². The number of aromatic amines is 1. The van der Waals surface area contributed by atoms with Crippen molar-refractivity contribution in [2.24, 2.45) is 7.05 Å². The van der Waals surface area contributed by atoms with Crippen LogP contribution < -0.4 is 9.60 Å². The van der Waals surface area contributed by atoms with Crippen LogP contribution in [-0.4, -0.2) is 23.0 Å². The standard InChI is InChI=1S/C11H10N4O3S2/c1-15-8-3-2-7(4-9(8)19-11(15)16)14-20(17,18)10-5-12-6-13-10/h2-6,14H,1H3,(H,12,13). The summed E-state index contributed by atoms with van der Waals surface area (Å²) in [5.41, 5.74) is 1.17. The van der Waals surface area contributed by atoms with Crippen molar-refractivity contribution in [3.63, 3.8) is 0 Å². The van der Waals surface area contributed by atoms with Crippen LogP contribution in [0.25, 0.3) is 10.2 Å². The molecule has 0 saturated heterocycles. The van der Waals surface area contributed by atoms with Gasteiger partial charge in [-0.1, -0.05) is 11.3 Å². The van der Waals surface area contributed by atoms with E-state index < -0.39 is 10.0 Å². The maximum atomic E-state index is 12.0. The van der Waals surface area contributed by atoms with Crippen LogP contribution in [0.2, 0.25) is 0 Å². The average Bonchev–Trinajstić information content (AvgIpc) is 2.99. The summed E-state index contributed by atoms with van der Waals surface area (Å²) in [5.74, 6) is 0. The molecule has 0 aliphatic rings. The number of imidazole rings is 1. The van der Waals surface area contributed by atoms with E-state index in [9.17, 15) is 13.2 Å². The molecule has 9 heteroatoms. The molecule has 1 aromatic carbocycles. The molecule has 0 atom stereocenters. The minimum atomic E-state index is -3.69. The van der Waals surface area contributed by atoms with E-state index in [1.807, 2.05) is 0 Å². The predicted molar refractivity (Wildman–Crippen MR) is 76.5 cm³/mol. The van der Waals surface area contributed by atoms with Crippen LogP contribution in [0.4, 0.5) is 5.69 Å². The van der Waals surface area contributed by atoms with Crippen LogP contribution in [0.15, 0.2) is 40.5 Å². The summed E-state index contributed by atoms with van der Waals surface area (Å²) in [7, 11) is -2.01. The van der Waals surface area contributed by atoms with Crippen molar-refractivity contribution in [3.05, 3.63) is 40.4 Å². The SMILES string of the molecule is Cn1c(=O)sc2cc(NS(=O)(=O)c3cnc[nH]3)ccc21. The highest BCUT2D eigenvalue weighted by Crippen LogP contribution is 2.22. The highest BCUT2D eigenvalue weighted by Gasteiger charge is 2.16. The van der Waals surface area contributed by atoms with E-state index in [2.05, 4.69) is 14.7 Å². The first kappa shape index (κ1) is 12.9. The molecular weight excluding hydrogens is 300 g/mol. The number of hydrogen-bond donors (Lipinski definition) is 2. The van der Waals surface area contributed by atoms with E-state index in [-0.39, 0.29) is 9.90 Å². The summed E-state index contributed by atoms with van der Waals surface area (Å²) in [6.45, 7) is 0. The summed E-state index contributed by atoms with van der Waals surface area (Å²) in [6.07, 6.45) is 2.52. The lowest BCUT2D eigenvalue weighted by Gasteiger charge is -2.06. The number of sulfonamides is 1. The fourth-order valence-electron chi connectivity index (χ4n) is 1.80. The number of hydrogen-bond acceptors (Lipinski definition) is 5. The third-order valence-corrected chi connectivity index (χ3v) is 5.11. The van der Waals surface area contributed by atoms with Gasteiger partial charge < -0.3 is 9.55 Å². The smallest absolute Gasteiger partial charge is 0.307 e. The van der Waals surface area contributed by atoms with Crippen LogP contribution in [0.3, 0.4) is 0 Å². The third-order valence-electron chi connectivity index (χ3n) is 2.81. The monoisotopic (exact) mass is 310 g/mol. The zero-order chi connectivity index (χ0) is 14.3. The van der Waals surface area contributed by atoms with E-state index in [1.165, 1.54) is 17.1 Å². The second-order valence-electron chi connectivity index (χ2n) is 4.13. The van der Waals surface area contributed by atoms with Crippen molar-refractivity contribution in [3.8, 4) is 0 Å². The summed E-state index contributed by atoms with van der Waals surface area (Å²) >= 11 is 1.07. The van der Waals surface area contributed by atoms with Crippen LogP contribution in [0.1, 0.15) is 0 Å². The van der Waals surface area contributed by atoms with Gasteiger partial charge in [0.15, 0.2) is 5.03 Å². The van der Waals surface area contributed by atoms with E-state index in [0.29, 0.717) is 5.69 Å². The van der Waals surface area contributed by atoms with Gasteiger partial charge in [-0.2, -0.15) is 8.42 Å². The van der Waals surface area contributed by atoms with Gasteiger partial charge in [0, 0.05) is 7.05 Å². The van der Waals surface area contributed by atoms with Crippen molar-refractivity contribution < 1.29 is 8.42 Å². The lowest BCUT2D eigenvalue weighted by atomic mass is 10.3. The van der Waals surface area contributed by atoms with E-state index in [1.54, 1.807) is 25.2 Å². The van der Waals surface area contributed by atoms with Crippen LogP contribution in [0.5, 0.6) is 0 Å². The maximum absolute atomic E-state index is 12.0. The minimum Gasteiger partial charge on any atom is -0.334 e. The summed E-state index contributed by atoms with van der Waals surface area (Å²) in [6, 6.07) is 4.95. The molecule has 2 N–H and O–H groups in total. The first-order valence-electron chi connectivity index (χ1n) is 5.58. The van der Waals surface area contributed by atoms with Gasteiger partial charge in [0.2, 0.25) is 0 Å². The molecule has 0 aliphatic heterocycles. The Hall–Kier alpha value is -2.13. The van der Waals surface area contributed by atoms with Gasteiger partial charge in [-0.15, -0.1) is 0 Å². The zero-order valence-electron chi connectivity index (χ0n) is 10.3. The number of aryl methyl sites for hydroxylation is 1. The maximum Gasteiger partial charge on any atom is 0.307 e. The number of anilines is 1. The topological polar surface area (TPSA) is 96.8 Å². The van der Waals surface area contributed by atoms with Crippen molar-refractivity contribution in [1.29, 1.82) is 0 Å². The molecule has 3 aromatic rings. The highest BCUT2D eigenvalue weighted by atomic mass is 32.2. The number of rotatable bonds is 3. The molecule has 0 bridgehead atoms. The van der Waals surface area contributed by atoms with Crippen LogP contribution in [-0.2, 0) is 17.1 Å². The molecular formula is C11H10N4O3S2. The lowest BCUT2D eigenvalue weighted by Crippen LogP contribution is -2.13. The van der Waals surface area contributed by atoms with Crippen molar-refractivity contribution in [1.82, 2.24) is 14.5 Å². The summed E-state index contributed by atoms with van der Waals surface area (Å²) < 4.78 is 28.7. The number of nitrogens with one attached hydrogen (secondary N) is 2. The zero-order valence-corrected chi connectivity index (χ0v) is 12.0. The van der Waals surface area contributed by atoms with Gasteiger partial charge in [-0.3, -0.25) is 9.52 Å². The first-order chi connectivity index (χ1) is 9.47. The van der Waals surface area contributed by atoms with Crippen molar-refractivity contribution in [2.45, 2.75) is 5.03 Å². The fourth-order valence-corrected chi connectivity index (χ4v) is 3.67. The first-order valence-corrected chi connectivity index (χ1v) is 7.88. The Kier molecular flexibility index (Phi) is 2.87. The molecule has 0 spiro atoms. The predicted octanol–water partition coefficient (Wildman–Crippen LogP) is 1.12. The summed E-state index contributed by atoms with van der Waals surface area (Å²) in [5, 5.41) is -0.0150. The number of nitrogens with zero attached hydrogens (tertiary/aromatic N) is 2. The van der Waals surface area contributed by atoms with Gasteiger partial charge >= 0.3 is 4.87 Å². The molecule has 0 aliphatic carbocycles. The number of fused-ring (bicyclic) bond motifs is 1. The number of thiazole rings is 1. The lowest BCUT2D eigenvalue weighted by molar-refractivity contribution is 0.598. The molecule has 20 heavy (non-hydrogen) atoms. The van der Waals surface area contributed by atoms with Gasteiger partial charge in [-0.25, -0.2) is 4.98 Å². The molecule has 7 nitrogen and oxygen atoms in total. The molecule has 3 rings (SSSR count). The van der Waals surface area contributed by atoms with Gasteiger partial charge in [0.1, 0.15) is 0 Å². The van der Waals surface area contributed by atoms with Crippen LogP contribution in [0, 0.1) is 0 Å². The Balaban J connectivity index is 2.02. The third kappa shape index (κ3) is 2.10. The van der Waals surface area contributed by atoms with Gasteiger partial charge in [-0.05, 0) is 18.2 Å². The van der Waals surface area contributed by atoms with Crippen molar-refractivity contribution in [2.75, 3.05) is 4.72 Å². The second-order valence-corrected chi connectivity index (χ2v) is 6.77. The molecule has 2 heterocycles. The molecule has 0 amide bonds. The molecule has 0 fully saturated rings. The molecule has 2 aromatic heterocycles. The van der Waals surface area contributed by atoms with Crippen molar-refractivity contribution >= 4 is 37.3 Å². The second kappa shape index (κ2) is 4.46. The van der Waals surface area contributed by atoms with Crippen LogP contribution >= 0.6 is 11.3 Å². The Morgan fingerprint density at radius 3 is 2.90 bits per heavy atom. The van der Waals surface area contributed by atoms with E-state index in [0.717, 1.165) is 21.6 Å². The van der Waals surface area contributed by atoms with E-state index >= 15 is 0 Å². The van der Waals surface area contributed by atoms with Gasteiger partial charge in [0.05, 0.1) is 28.4 Å². The number of H-pyrrole nitrogens is 1.